The van der Waals surface area contributed by atoms with Gasteiger partial charge in [0, 0.05) is 6.54 Å². The lowest BCUT2D eigenvalue weighted by molar-refractivity contribution is -0.0425. The molecular weight excluding hydrogens is 226 g/mol. The molecule has 3 heteroatoms. The van der Waals surface area contributed by atoms with Crippen LogP contribution in [0.25, 0.3) is 0 Å². The number of piperidine rings is 1. The molecule has 1 aliphatic heterocycles. The van der Waals surface area contributed by atoms with E-state index in [2.05, 4.69) is 13.5 Å². The fourth-order valence-corrected chi connectivity index (χ4v) is 1.89. The molecule has 1 fully saturated rings. The van der Waals surface area contributed by atoms with Crippen LogP contribution in [0.15, 0.2) is 24.3 Å². The van der Waals surface area contributed by atoms with Gasteiger partial charge in [-0.05, 0) is 43.5 Å². The highest BCUT2D eigenvalue weighted by Crippen LogP contribution is 2.21. The van der Waals surface area contributed by atoms with Crippen LogP contribution in [0.5, 0.6) is 11.5 Å². The third-order valence-corrected chi connectivity index (χ3v) is 2.98. The fourth-order valence-electron chi connectivity index (χ4n) is 1.89. The Morgan fingerprint density at radius 1 is 1.11 bits per heavy atom. The second-order valence-electron chi connectivity index (χ2n) is 4.58. The van der Waals surface area contributed by atoms with Crippen molar-refractivity contribution in [2.45, 2.75) is 39.0 Å². The molecule has 0 saturated carbocycles. The van der Waals surface area contributed by atoms with Crippen molar-refractivity contribution in [3.8, 4) is 11.5 Å². The molecule has 18 heavy (non-hydrogen) atoms. The molecule has 0 unspecified atom stereocenters. The lowest BCUT2D eigenvalue weighted by Gasteiger charge is -2.25. The van der Waals surface area contributed by atoms with Crippen molar-refractivity contribution in [3.63, 3.8) is 0 Å². The number of ether oxygens (including phenoxy) is 1. The van der Waals surface area contributed by atoms with Crippen LogP contribution in [0.3, 0.4) is 0 Å². The summed E-state index contributed by atoms with van der Waals surface area (Å²) in [7, 11) is 0. The van der Waals surface area contributed by atoms with E-state index in [9.17, 15) is 0 Å². The standard InChI is InChI=1S/C15H22NO2/c1-2-3-13-17-14-7-9-15(10-8-14)18-16-11-5-4-6-12-16/h7-11H,2-6,12-13H2,1H3. The quantitative estimate of drug-likeness (QED) is 0.715. The zero-order chi connectivity index (χ0) is 12.6. The zero-order valence-corrected chi connectivity index (χ0v) is 11.1. The van der Waals surface area contributed by atoms with E-state index in [0.717, 1.165) is 43.9 Å². The van der Waals surface area contributed by atoms with E-state index in [1.807, 2.05) is 29.3 Å². The molecular formula is C15H22NO2. The molecule has 0 amide bonds. The Labute approximate surface area is 110 Å². The second-order valence-corrected chi connectivity index (χ2v) is 4.58. The highest BCUT2D eigenvalue weighted by atomic mass is 16.7. The summed E-state index contributed by atoms with van der Waals surface area (Å²) in [5.41, 5.74) is 0. The molecule has 0 aromatic heterocycles. The minimum atomic E-state index is 0.788. The number of hydrogen-bond acceptors (Lipinski definition) is 3. The smallest absolute Gasteiger partial charge is 0.147 e. The third-order valence-electron chi connectivity index (χ3n) is 2.98. The summed E-state index contributed by atoms with van der Waals surface area (Å²) in [5.74, 6) is 1.79. The second kappa shape index (κ2) is 7.27. The van der Waals surface area contributed by atoms with Gasteiger partial charge in [0.15, 0.2) is 0 Å². The number of nitrogens with zero attached hydrogens (tertiary/aromatic N) is 1. The number of unbranched alkanes of at least 4 members (excludes halogenated alkanes) is 1. The van der Waals surface area contributed by atoms with Crippen LogP contribution in [0.2, 0.25) is 0 Å². The molecule has 1 aromatic carbocycles. The normalized spacial score (nSPS) is 16.5. The van der Waals surface area contributed by atoms with Crippen molar-refractivity contribution in [3.05, 3.63) is 30.8 Å². The molecule has 0 N–H and O–H groups in total. The van der Waals surface area contributed by atoms with Crippen LogP contribution >= 0.6 is 0 Å². The largest absolute Gasteiger partial charge is 0.494 e. The highest BCUT2D eigenvalue weighted by Gasteiger charge is 2.11. The van der Waals surface area contributed by atoms with E-state index in [-0.39, 0.29) is 0 Å². The number of hydrogen-bond donors (Lipinski definition) is 0. The summed E-state index contributed by atoms with van der Waals surface area (Å²) in [5, 5.41) is 1.93. The van der Waals surface area contributed by atoms with Gasteiger partial charge in [0.2, 0.25) is 0 Å². The number of rotatable bonds is 6. The minimum Gasteiger partial charge on any atom is -0.494 e. The van der Waals surface area contributed by atoms with Crippen molar-refractivity contribution >= 4 is 0 Å². The van der Waals surface area contributed by atoms with Gasteiger partial charge in [0.1, 0.15) is 11.5 Å². The van der Waals surface area contributed by atoms with Crippen molar-refractivity contribution in [2.24, 2.45) is 0 Å². The fraction of sp³-hybridized carbons (Fsp3) is 0.533. The first-order valence-electron chi connectivity index (χ1n) is 6.89. The van der Waals surface area contributed by atoms with Gasteiger partial charge in [0.25, 0.3) is 0 Å². The Hall–Kier alpha value is -1.22. The molecule has 0 bridgehead atoms. The van der Waals surface area contributed by atoms with Crippen LogP contribution in [-0.2, 0) is 0 Å². The van der Waals surface area contributed by atoms with Crippen molar-refractivity contribution in [2.75, 3.05) is 13.2 Å². The van der Waals surface area contributed by atoms with Gasteiger partial charge >= 0.3 is 0 Å². The minimum absolute atomic E-state index is 0.788. The van der Waals surface area contributed by atoms with Crippen LogP contribution < -0.4 is 9.57 Å². The number of benzene rings is 1. The van der Waals surface area contributed by atoms with Crippen LogP contribution in [0, 0.1) is 6.54 Å². The topological polar surface area (TPSA) is 21.7 Å². The summed E-state index contributed by atoms with van der Waals surface area (Å²) in [6.45, 7) is 6.05. The highest BCUT2D eigenvalue weighted by molar-refractivity contribution is 5.31. The molecule has 1 aromatic rings. The van der Waals surface area contributed by atoms with E-state index < -0.39 is 0 Å². The molecule has 1 heterocycles. The Balaban J connectivity index is 1.79. The molecule has 3 nitrogen and oxygen atoms in total. The van der Waals surface area contributed by atoms with Gasteiger partial charge in [-0.15, -0.1) is 5.06 Å². The van der Waals surface area contributed by atoms with E-state index in [4.69, 9.17) is 9.57 Å². The summed E-state index contributed by atoms with van der Waals surface area (Å²) in [4.78, 5) is 5.76. The summed E-state index contributed by atoms with van der Waals surface area (Å²) in [6, 6.07) is 7.86. The molecule has 0 aliphatic carbocycles. The molecule has 1 saturated heterocycles. The summed E-state index contributed by atoms with van der Waals surface area (Å²) in [6.07, 6.45) is 5.84. The number of hydroxylamine groups is 2. The maximum absolute atomic E-state index is 5.76. The third kappa shape index (κ3) is 4.22. The predicted octanol–water partition coefficient (Wildman–Crippen LogP) is 3.81. The molecule has 0 spiro atoms. The summed E-state index contributed by atoms with van der Waals surface area (Å²) >= 11 is 0. The SMILES string of the molecule is CCCCOc1ccc(ON2[CH]CCCC2)cc1. The first-order valence-corrected chi connectivity index (χ1v) is 6.89. The first kappa shape index (κ1) is 13.2. The van der Waals surface area contributed by atoms with Gasteiger partial charge in [-0.1, -0.05) is 19.8 Å². The lowest BCUT2D eigenvalue weighted by Crippen LogP contribution is -2.28. The van der Waals surface area contributed by atoms with E-state index in [1.54, 1.807) is 0 Å². The van der Waals surface area contributed by atoms with Crippen LogP contribution in [0.1, 0.15) is 39.0 Å². The van der Waals surface area contributed by atoms with E-state index in [0.29, 0.717) is 0 Å². The molecule has 0 atom stereocenters. The van der Waals surface area contributed by atoms with Gasteiger partial charge in [-0.3, -0.25) is 0 Å². The van der Waals surface area contributed by atoms with Crippen molar-refractivity contribution in [1.29, 1.82) is 0 Å². The van der Waals surface area contributed by atoms with Gasteiger partial charge in [0.05, 0.1) is 13.2 Å². The average Bonchev–Trinajstić information content (AvgIpc) is 2.42. The Bertz CT molecular complexity index is 331. The molecule has 2 rings (SSSR count). The van der Waals surface area contributed by atoms with Crippen LogP contribution in [0.4, 0.5) is 0 Å². The Morgan fingerprint density at radius 2 is 1.89 bits per heavy atom. The zero-order valence-electron chi connectivity index (χ0n) is 11.1. The first-order chi connectivity index (χ1) is 8.88. The predicted molar refractivity (Wildman–Crippen MR) is 72.3 cm³/mol. The van der Waals surface area contributed by atoms with Gasteiger partial charge in [-0.2, -0.15) is 0 Å². The van der Waals surface area contributed by atoms with Gasteiger partial charge in [-0.25, -0.2) is 0 Å². The van der Waals surface area contributed by atoms with Crippen LogP contribution in [-0.4, -0.2) is 18.2 Å². The van der Waals surface area contributed by atoms with E-state index >= 15 is 0 Å². The maximum atomic E-state index is 5.76. The monoisotopic (exact) mass is 248 g/mol. The molecule has 1 aliphatic rings. The van der Waals surface area contributed by atoms with Gasteiger partial charge < -0.3 is 9.57 Å². The maximum Gasteiger partial charge on any atom is 0.147 e. The molecule has 99 valence electrons. The summed E-state index contributed by atoms with van der Waals surface area (Å²) < 4.78 is 5.61. The van der Waals surface area contributed by atoms with Crippen molar-refractivity contribution in [1.82, 2.24) is 5.06 Å². The average molecular weight is 248 g/mol. The lowest BCUT2D eigenvalue weighted by atomic mass is 10.2. The Kier molecular flexibility index (Phi) is 5.34. The van der Waals surface area contributed by atoms with E-state index in [1.165, 1.54) is 12.8 Å². The molecule has 1 radical (unpaired) electrons. The van der Waals surface area contributed by atoms with Crippen molar-refractivity contribution < 1.29 is 9.57 Å². The Morgan fingerprint density at radius 3 is 2.56 bits per heavy atom.